The molecule has 23 heavy (non-hydrogen) atoms. The lowest BCUT2D eigenvalue weighted by Gasteiger charge is -2.11. The van der Waals surface area contributed by atoms with Crippen LogP contribution in [0.15, 0.2) is 71.8 Å². The van der Waals surface area contributed by atoms with Gasteiger partial charge in [-0.05, 0) is 37.3 Å². The molecule has 0 atom stereocenters. The van der Waals surface area contributed by atoms with Crippen LogP contribution >= 0.6 is 0 Å². The second-order valence-electron chi connectivity index (χ2n) is 5.33. The number of benzene rings is 2. The molecule has 1 heterocycles. The van der Waals surface area contributed by atoms with Gasteiger partial charge in [0, 0.05) is 23.9 Å². The number of para-hydroxylation sites is 1. The molecule has 0 fully saturated rings. The molecule has 0 saturated heterocycles. The first-order valence-electron chi connectivity index (χ1n) is 7.26. The van der Waals surface area contributed by atoms with Gasteiger partial charge in [0.05, 0.1) is 0 Å². The summed E-state index contributed by atoms with van der Waals surface area (Å²) in [6, 6.07) is 17.6. The van der Waals surface area contributed by atoms with Crippen molar-refractivity contribution in [1.29, 1.82) is 0 Å². The largest absolute Gasteiger partial charge is 0.379 e. The van der Waals surface area contributed by atoms with E-state index in [0.717, 1.165) is 16.8 Å². The van der Waals surface area contributed by atoms with Crippen LogP contribution in [0.25, 0.3) is 0 Å². The highest BCUT2D eigenvalue weighted by Crippen LogP contribution is 2.25. The fourth-order valence-corrected chi connectivity index (χ4v) is 3.25. The maximum absolute atomic E-state index is 12.4. The Kier molecular flexibility index (Phi) is 4.21. The van der Waals surface area contributed by atoms with Crippen molar-refractivity contribution in [3.63, 3.8) is 0 Å². The first-order chi connectivity index (χ1) is 11.0. The van der Waals surface area contributed by atoms with Gasteiger partial charge in [0.15, 0.2) is 0 Å². The lowest BCUT2D eigenvalue weighted by molar-refractivity contribution is 0.483. The topological polar surface area (TPSA) is 59.2 Å². The number of aromatic amines is 1. The molecule has 3 aromatic rings. The van der Waals surface area contributed by atoms with E-state index in [1.807, 2.05) is 37.4 Å². The molecule has 118 valence electrons. The van der Waals surface area contributed by atoms with Gasteiger partial charge < -0.3 is 9.17 Å². The highest BCUT2D eigenvalue weighted by Gasteiger charge is 2.18. The molecule has 1 N–H and O–H groups in total. The first-order valence-corrected chi connectivity index (χ1v) is 8.67. The Bertz CT molecular complexity index is 882. The highest BCUT2D eigenvalue weighted by molar-refractivity contribution is 7.87. The quantitative estimate of drug-likeness (QED) is 0.727. The molecule has 0 spiro atoms. The van der Waals surface area contributed by atoms with E-state index < -0.39 is 10.1 Å². The van der Waals surface area contributed by atoms with Crippen LogP contribution in [0.5, 0.6) is 5.75 Å². The molecule has 5 heteroatoms. The van der Waals surface area contributed by atoms with Crippen molar-refractivity contribution in [1.82, 2.24) is 4.98 Å². The zero-order valence-corrected chi connectivity index (χ0v) is 13.5. The Morgan fingerprint density at radius 1 is 0.957 bits per heavy atom. The van der Waals surface area contributed by atoms with E-state index in [1.165, 1.54) is 0 Å². The molecule has 2 aromatic carbocycles. The fraction of sp³-hybridized carbons (Fsp3) is 0.111. The normalized spacial score (nSPS) is 11.3. The summed E-state index contributed by atoms with van der Waals surface area (Å²) in [6.45, 7) is 1.91. The van der Waals surface area contributed by atoms with Crippen LogP contribution in [0.3, 0.4) is 0 Å². The maximum Gasteiger partial charge on any atom is 0.339 e. The maximum atomic E-state index is 12.4. The van der Waals surface area contributed by atoms with Crippen LogP contribution in [-0.4, -0.2) is 13.4 Å². The van der Waals surface area contributed by atoms with Crippen molar-refractivity contribution in [2.24, 2.45) is 0 Å². The molecule has 0 aliphatic heterocycles. The summed E-state index contributed by atoms with van der Waals surface area (Å²) < 4.78 is 30.2. The van der Waals surface area contributed by atoms with Gasteiger partial charge in [-0.1, -0.05) is 35.9 Å². The average Bonchev–Trinajstić information content (AvgIpc) is 3.02. The van der Waals surface area contributed by atoms with Crippen LogP contribution in [0.1, 0.15) is 16.8 Å². The van der Waals surface area contributed by atoms with Crippen molar-refractivity contribution in [3.05, 3.63) is 83.7 Å². The molecule has 0 unspecified atom stereocenters. The molecular weight excluding hydrogens is 310 g/mol. The Morgan fingerprint density at radius 3 is 2.39 bits per heavy atom. The second kappa shape index (κ2) is 6.30. The molecular formula is C18H17NO3S. The summed E-state index contributed by atoms with van der Waals surface area (Å²) >= 11 is 0. The van der Waals surface area contributed by atoms with Crippen molar-refractivity contribution >= 4 is 10.1 Å². The molecule has 0 bridgehead atoms. The van der Waals surface area contributed by atoms with E-state index in [-0.39, 0.29) is 4.90 Å². The van der Waals surface area contributed by atoms with Crippen molar-refractivity contribution < 1.29 is 12.6 Å². The minimum atomic E-state index is -3.84. The molecule has 0 radical (unpaired) electrons. The van der Waals surface area contributed by atoms with Crippen molar-refractivity contribution in [2.45, 2.75) is 18.2 Å². The van der Waals surface area contributed by atoms with E-state index in [2.05, 4.69) is 4.98 Å². The predicted molar refractivity (Wildman–Crippen MR) is 89.0 cm³/mol. The Labute approximate surface area is 135 Å². The lowest BCUT2D eigenvalue weighted by atomic mass is 10.1. The summed E-state index contributed by atoms with van der Waals surface area (Å²) in [4.78, 5) is 3.26. The Balaban J connectivity index is 1.89. The van der Waals surface area contributed by atoms with Crippen molar-refractivity contribution in [2.75, 3.05) is 0 Å². The van der Waals surface area contributed by atoms with Gasteiger partial charge in [0.2, 0.25) is 0 Å². The summed E-state index contributed by atoms with van der Waals surface area (Å²) in [5.74, 6) is 0.350. The SMILES string of the molecule is Cc1ccc(S(=O)(=O)Oc2ccccc2Cc2ccc[nH]2)cc1. The number of hydrogen-bond acceptors (Lipinski definition) is 3. The van der Waals surface area contributed by atoms with Gasteiger partial charge in [0.25, 0.3) is 0 Å². The molecule has 0 saturated carbocycles. The number of hydrogen-bond donors (Lipinski definition) is 1. The average molecular weight is 327 g/mol. The molecule has 0 amide bonds. The standard InChI is InChI=1S/C18H17NO3S/c1-14-8-10-17(11-9-14)23(20,21)22-18-7-3-2-5-15(18)13-16-6-4-12-19-16/h2-12,19H,13H2,1H3. The monoisotopic (exact) mass is 327 g/mol. The minimum absolute atomic E-state index is 0.151. The Morgan fingerprint density at radius 2 is 1.70 bits per heavy atom. The van der Waals surface area contributed by atoms with Gasteiger partial charge in [-0.15, -0.1) is 0 Å². The van der Waals surface area contributed by atoms with Crippen LogP contribution in [0, 0.1) is 6.92 Å². The predicted octanol–water partition coefficient (Wildman–Crippen LogP) is 3.68. The number of rotatable bonds is 5. The van der Waals surface area contributed by atoms with Crippen molar-refractivity contribution in [3.8, 4) is 5.75 Å². The summed E-state index contributed by atoms with van der Waals surface area (Å²) in [5.41, 5.74) is 2.80. The van der Waals surface area contributed by atoms with Gasteiger partial charge >= 0.3 is 10.1 Å². The number of aromatic nitrogens is 1. The third-order valence-corrected chi connectivity index (χ3v) is 4.77. The third-order valence-electron chi connectivity index (χ3n) is 3.53. The lowest BCUT2D eigenvalue weighted by Crippen LogP contribution is -2.11. The first kappa shape index (κ1) is 15.4. The van der Waals surface area contributed by atoms with Gasteiger partial charge in [-0.2, -0.15) is 8.42 Å². The fourth-order valence-electron chi connectivity index (χ4n) is 2.29. The van der Waals surface area contributed by atoms with E-state index in [0.29, 0.717) is 12.2 Å². The van der Waals surface area contributed by atoms with Crippen LogP contribution in [-0.2, 0) is 16.5 Å². The molecule has 0 aliphatic carbocycles. The summed E-state index contributed by atoms with van der Waals surface area (Å²) in [6.07, 6.45) is 2.41. The summed E-state index contributed by atoms with van der Waals surface area (Å²) in [7, 11) is -3.84. The van der Waals surface area contributed by atoms with Gasteiger partial charge in [0.1, 0.15) is 10.6 Å². The van der Waals surface area contributed by atoms with Gasteiger partial charge in [-0.25, -0.2) is 0 Å². The third kappa shape index (κ3) is 3.63. The van der Waals surface area contributed by atoms with E-state index in [4.69, 9.17) is 4.18 Å². The van der Waals surface area contributed by atoms with E-state index >= 15 is 0 Å². The van der Waals surface area contributed by atoms with Gasteiger partial charge in [-0.3, -0.25) is 0 Å². The minimum Gasteiger partial charge on any atom is -0.379 e. The zero-order chi connectivity index (χ0) is 16.3. The molecule has 3 rings (SSSR count). The second-order valence-corrected chi connectivity index (χ2v) is 6.88. The molecule has 0 aliphatic rings. The van der Waals surface area contributed by atoms with Crippen LogP contribution < -0.4 is 4.18 Å². The Hall–Kier alpha value is -2.53. The molecule has 4 nitrogen and oxygen atoms in total. The van der Waals surface area contributed by atoms with Crippen LogP contribution in [0.4, 0.5) is 0 Å². The zero-order valence-electron chi connectivity index (χ0n) is 12.7. The smallest absolute Gasteiger partial charge is 0.339 e. The van der Waals surface area contributed by atoms with E-state index in [9.17, 15) is 8.42 Å². The van der Waals surface area contributed by atoms with Crippen LogP contribution in [0.2, 0.25) is 0 Å². The number of H-pyrrole nitrogens is 1. The summed E-state index contributed by atoms with van der Waals surface area (Å²) in [5, 5.41) is 0. The number of aryl methyl sites for hydroxylation is 1. The molecule has 1 aromatic heterocycles. The highest BCUT2D eigenvalue weighted by atomic mass is 32.2. The number of nitrogens with one attached hydrogen (secondary N) is 1. The van der Waals surface area contributed by atoms with E-state index in [1.54, 1.807) is 36.4 Å².